The summed E-state index contributed by atoms with van der Waals surface area (Å²) in [6.45, 7) is -0.362. The molecule has 0 aliphatic carbocycles. The van der Waals surface area contributed by atoms with E-state index in [4.69, 9.17) is 14.9 Å². The number of halogens is 3. The van der Waals surface area contributed by atoms with Crippen LogP contribution in [0.25, 0.3) is 0 Å². The van der Waals surface area contributed by atoms with E-state index < -0.39 is 46.3 Å². The molecule has 0 unspecified atom stereocenters. The summed E-state index contributed by atoms with van der Waals surface area (Å²) in [4.78, 5) is 21.9. The van der Waals surface area contributed by atoms with Crippen molar-refractivity contribution in [2.24, 2.45) is 0 Å². The molecule has 2 aromatic carbocycles. The van der Waals surface area contributed by atoms with Crippen molar-refractivity contribution in [3.05, 3.63) is 64.5 Å². The van der Waals surface area contributed by atoms with Gasteiger partial charge in [-0.3, -0.25) is 0 Å². The van der Waals surface area contributed by atoms with Gasteiger partial charge in [0.2, 0.25) is 5.82 Å². The Hall–Kier alpha value is -3.03. The SMILES string of the molecule is O=C(O)c1c(F)c(F)c(OCc2ccccc2)c(F)c1C(=O)O. The summed E-state index contributed by atoms with van der Waals surface area (Å²) in [6.07, 6.45) is 0. The second kappa shape index (κ2) is 6.39. The van der Waals surface area contributed by atoms with E-state index in [-0.39, 0.29) is 6.61 Å². The van der Waals surface area contributed by atoms with Crippen molar-refractivity contribution in [1.82, 2.24) is 0 Å². The normalized spacial score (nSPS) is 10.4. The van der Waals surface area contributed by atoms with Gasteiger partial charge in [-0.05, 0) is 5.56 Å². The van der Waals surface area contributed by atoms with Gasteiger partial charge in [0.25, 0.3) is 0 Å². The number of carbonyl (C=O) groups is 2. The Morgan fingerprint density at radius 1 is 0.870 bits per heavy atom. The molecule has 0 bridgehead atoms. The lowest BCUT2D eigenvalue weighted by Crippen LogP contribution is -2.17. The van der Waals surface area contributed by atoms with Crippen molar-refractivity contribution in [3.8, 4) is 5.75 Å². The highest BCUT2D eigenvalue weighted by Gasteiger charge is 2.33. The van der Waals surface area contributed by atoms with Gasteiger partial charge in [0.05, 0.1) is 0 Å². The molecule has 2 rings (SSSR count). The number of carboxylic acid groups (broad SMARTS) is 2. The fraction of sp³-hybridized carbons (Fsp3) is 0.0667. The standard InChI is InChI=1S/C15H9F3O5/c16-10-8(14(19)20)9(15(21)22)11(17)13(12(10)18)23-6-7-4-2-1-3-5-7/h1-5H,6H2,(H,19,20)(H,21,22). The smallest absolute Gasteiger partial charge is 0.339 e. The van der Waals surface area contributed by atoms with Crippen molar-refractivity contribution >= 4 is 11.9 Å². The Bertz CT molecular complexity index is 775. The molecule has 0 aliphatic heterocycles. The summed E-state index contributed by atoms with van der Waals surface area (Å²) in [7, 11) is 0. The summed E-state index contributed by atoms with van der Waals surface area (Å²) < 4.78 is 46.5. The number of benzene rings is 2. The summed E-state index contributed by atoms with van der Waals surface area (Å²) in [5.41, 5.74) is -2.61. The molecule has 120 valence electrons. The van der Waals surface area contributed by atoms with Crippen molar-refractivity contribution in [1.29, 1.82) is 0 Å². The van der Waals surface area contributed by atoms with Crippen molar-refractivity contribution in [2.45, 2.75) is 6.61 Å². The second-order valence-corrected chi connectivity index (χ2v) is 4.41. The Labute approximate surface area is 127 Å². The Kier molecular flexibility index (Phi) is 4.54. The van der Waals surface area contributed by atoms with E-state index in [2.05, 4.69) is 0 Å². The highest BCUT2D eigenvalue weighted by Crippen LogP contribution is 2.31. The van der Waals surface area contributed by atoms with Crippen LogP contribution >= 0.6 is 0 Å². The van der Waals surface area contributed by atoms with Gasteiger partial charge in [0, 0.05) is 0 Å². The van der Waals surface area contributed by atoms with Gasteiger partial charge in [-0.15, -0.1) is 0 Å². The maximum absolute atomic E-state index is 14.1. The maximum Gasteiger partial charge on any atom is 0.339 e. The lowest BCUT2D eigenvalue weighted by Gasteiger charge is -2.13. The largest absolute Gasteiger partial charge is 0.483 e. The monoisotopic (exact) mass is 326 g/mol. The van der Waals surface area contributed by atoms with Crippen LogP contribution in [-0.2, 0) is 6.61 Å². The molecule has 23 heavy (non-hydrogen) atoms. The highest BCUT2D eigenvalue weighted by molar-refractivity contribution is 6.02. The topological polar surface area (TPSA) is 83.8 Å². The van der Waals surface area contributed by atoms with Gasteiger partial charge in [-0.25, -0.2) is 18.4 Å². The van der Waals surface area contributed by atoms with Crippen molar-refractivity contribution < 1.29 is 37.7 Å². The van der Waals surface area contributed by atoms with Gasteiger partial charge in [-0.2, -0.15) is 4.39 Å². The molecule has 0 spiro atoms. The molecule has 0 radical (unpaired) electrons. The molecule has 8 heteroatoms. The number of carboxylic acids is 2. The van der Waals surface area contributed by atoms with E-state index in [1.54, 1.807) is 30.3 Å². The van der Waals surface area contributed by atoms with E-state index >= 15 is 0 Å². The van der Waals surface area contributed by atoms with Crippen LogP contribution in [0.5, 0.6) is 5.75 Å². The quantitative estimate of drug-likeness (QED) is 0.825. The van der Waals surface area contributed by atoms with Crippen LogP contribution < -0.4 is 4.74 Å². The first kappa shape index (κ1) is 16.3. The number of hydrogen-bond acceptors (Lipinski definition) is 3. The molecule has 0 fully saturated rings. The average molecular weight is 326 g/mol. The maximum atomic E-state index is 14.1. The number of rotatable bonds is 5. The van der Waals surface area contributed by atoms with Gasteiger partial charge in [0.1, 0.15) is 17.7 Å². The zero-order valence-corrected chi connectivity index (χ0v) is 11.3. The first-order valence-electron chi connectivity index (χ1n) is 6.18. The first-order valence-corrected chi connectivity index (χ1v) is 6.18. The minimum absolute atomic E-state index is 0.362. The summed E-state index contributed by atoms with van der Waals surface area (Å²) in [6, 6.07) is 8.07. The summed E-state index contributed by atoms with van der Waals surface area (Å²) >= 11 is 0. The number of hydrogen-bond donors (Lipinski definition) is 2. The predicted octanol–water partition coefficient (Wildman–Crippen LogP) is 3.08. The molecule has 2 aromatic rings. The minimum Gasteiger partial charge on any atom is -0.483 e. The minimum atomic E-state index is -2.10. The van der Waals surface area contributed by atoms with Gasteiger partial charge < -0.3 is 14.9 Å². The zero-order chi connectivity index (χ0) is 17.1. The van der Waals surface area contributed by atoms with Gasteiger partial charge in [-0.1, -0.05) is 30.3 Å². The lowest BCUT2D eigenvalue weighted by molar-refractivity contribution is 0.0639. The molecule has 0 saturated carbocycles. The molecule has 0 saturated heterocycles. The third kappa shape index (κ3) is 3.10. The van der Waals surface area contributed by atoms with Crippen LogP contribution in [0.3, 0.4) is 0 Å². The Morgan fingerprint density at radius 2 is 1.39 bits per heavy atom. The van der Waals surface area contributed by atoms with Crippen LogP contribution in [0.15, 0.2) is 30.3 Å². The lowest BCUT2D eigenvalue weighted by atomic mass is 10.0. The summed E-state index contributed by atoms with van der Waals surface area (Å²) in [5, 5.41) is 17.6. The van der Waals surface area contributed by atoms with Crippen molar-refractivity contribution in [3.63, 3.8) is 0 Å². The molecule has 0 heterocycles. The van der Waals surface area contributed by atoms with E-state index in [1.165, 1.54) is 0 Å². The van der Waals surface area contributed by atoms with Crippen LogP contribution in [0.2, 0.25) is 0 Å². The molecular formula is C15H9F3O5. The van der Waals surface area contributed by atoms with Gasteiger partial charge >= 0.3 is 11.9 Å². The molecule has 0 aromatic heterocycles. The van der Waals surface area contributed by atoms with E-state index in [9.17, 15) is 22.8 Å². The first-order chi connectivity index (χ1) is 10.8. The highest BCUT2D eigenvalue weighted by atomic mass is 19.2. The molecular weight excluding hydrogens is 317 g/mol. The van der Waals surface area contributed by atoms with Crippen molar-refractivity contribution in [2.75, 3.05) is 0 Å². The van der Waals surface area contributed by atoms with Crippen LogP contribution in [-0.4, -0.2) is 22.2 Å². The fourth-order valence-corrected chi connectivity index (χ4v) is 1.90. The second-order valence-electron chi connectivity index (χ2n) is 4.41. The molecule has 0 aliphatic rings. The van der Waals surface area contributed by atoms with Crippen LogP contribution in [0, 0.1) is 17.5 Å². The number of aromatic carboxylic acids is 2. The third-order valence-electron chi connectivity index (χ3n) is 2.93. The Morgan fingerprint density at radius 3 is 1.91 bits per heavy atom. The Balaban J connectivity index is 2.52. The zero-order valence-electron chi connectivity index (χ0n) is 11.3. The van der Waals surface area contributed by atoms with Gasteiger partial charge in [0.15, 0.2) is 17.4 Å². The third-order valence-corrected chi connectivity index (χ3v) is 2.93. The van der Waals surface area contributed by atoms with Crippen LogP contribution in [0.1, 0.15) is 26.3 Å². The van der Waals surface area contributed by atoms with E-state index in [1.807, 2.05) is 0 Å². The van der Waals surface area contributed by atoms with Crippen LogP contribution in [0.4, 0.5) is 13.2 Å². The number of ether oxygens (including phenoxy) is 1. The fourth-order valence-electron chi connectivity index (χ4n) is 1.90. The molecule has 0 atom stereocenters. The van der Waals surface area contributed by atoms with E-state index in [0.29, 0.717) is 5.56 Å². The molecule has 0 amide bonds. The average Bonchev–Trinajstić information content (AvgIpc) is 2.50. The molecule has 2 N–H and O–H groups in total. The molecule has 5 nitrogen and oxygen atoms in total. The summed E-state index contributed by atoms with van der Waals surface area (Å²) in [5.74, 6) is -11.1. The van der Waals surface area contributed by atoms with E-state index in [0.717, 1.165) is 0 Å². The predicted molar refractivity (Wildman–Crippen MR) is 71.0 cm³/mol.